The van der Waals surface area contributed by atoms with Crippen LogP contribution in [-0.2, 0) is 14.3 Å². The summed E-state index contributed by atoms with van der Waals surface area (Å²) in [6.45, 7) is 0.841. The molecule has 1 aliphatic heterocycles. The Hall–Kier alpha value is -2.56. The van der Waals surface area contributed by atoms with E-state index < -0.39 is 30.5 Å². The highest BCUT2D eigenvalue weighted by Gasteiger charge is 2.31. The molecular weight excluding hydrogens is 443 g/mol. The number of carbonyl (C=O) groups excluding carboxylic acids is 3. The van der Waals surface area contributed by atoms with Gasteiger partial charge < -0.3 is 19.3 Å². The zero-order valence-electron chi connectivity index (χ0n) is 17.1. The second-order valence-electron chi connectivity index (χ2n) is 7.01. The Labute approximate surface area is 182 Å². The third-order valence-corrected chi connectivity index (χ3v) is 4.81. The number of pyridine rings is 1. The zero-order valence-corrected chi connectivity index (χ0v) is 17.8. The zero-order chi connectivity index (χ0) is 23.2. The van der Waals surface area contributed by atoms with E-state index >= 15 is 0 Å². The van der Waals surface area contributed by atoms with E-state index in [9.17, 15) is 27.6 Å². The highest BCUT2D eigenvalue weighted by atomic mass is 35.5. The Kier molecular flexibility index (Phi) is 8.49. The van der Waals surface area contributed by atoms with Crippen LogP contribution >= 0.6 is 11.6 Å². The molecule has 1 aromatic heterocycles. The van der Waals surface area contributed by atoms with Gasteiger partial charge in [0.1, 0.15) is 5.02 Å². The topological polar surface area (TPSA) is 89.0 Å². The fourth-order valence-electron chi connectivity index (χ4n) is 3.05. The fourth-order valence-corrected chi connectivity index (χ4v) is 3.27. The van der Waals surface area contributed by atoms with Gasteiger partial charge in [0, 0.05) is 26.3 Å². The molecule has 1 aliphatic rings. The minimum absolute atomic E-state index is 0.0114. The number of alkyl halides is 3. The average molecular weight is 466 g/mol. The van der Waals surface area contributed by atoms with Crippen molar-refractivity contribution in [3.63, 3.8) is 0 Å². The molecule has 0 saturated carbocycles. The Morgan fingerprint density at radius 2 is 2.06 bits per heavy atom. The van der Waals surface area contributed by atoms with E-state index in [2.05, 4.69) is 9.72 Å². The number of nitrogens with zero attached hydrogens (tertiary/aromatic N) is 3. The summed E-state index contributed by atoms with van der Waals surface area (Å²) in [6, 6.07) is 1.13. The second kappa shape index (κ2) is 10.7. The molecule has 1 saturated heterocycles. The highest BCUT2D eigenvalue weighted by molar-refractivity contribution is 6.32. The van der Waals surface area contributed by atoms with Crippen LogP contribution in [0.2, 0.25) is 5.02 Å². The molecule has 0 aromatic carbocycles. The van der Waals surface area contributed by atoms with Crippen molar-refractivity contribution in [2.24, 2.45) is 5.92 Å². The number of piperidine rings is 1. The molecule has 1 unspecified atom stereocenters. The van der Waals surface area contributed by atoms with E-state index in [0.29, 0.717) is 19.4 Å². The lowest BCUT2D eigenvalue weighted by molar-refractivity contribution is -0.154. The van der Waals surface area contributed by atoms with E-state index in [-0.39, 0.29) is 42.2 Å². The van der Waals surface area contributed by atoms with Crippen molar-refractivity contribution in [1.82, 2.24) is 14.8 Å². The third kappa shape index (κ3) is 7.27. The first-order chi connectivity index (χ1) is 14.5. The first-order valence-corrected chi connectivity index (χ1v) is 9.94. The number of rotatable bonds is 7. The second-order valence-corrected chi connectivity index (χ2v) is 7.41. The summed E-state index contributed by atoms with van der Waals surface area (Å²) >= 11 is 5.86. The minimum Gasteiger partial charge on any atom is -0.467 e. The summed E-state index contributed by atoms with van der Waals surface area (Å²) in [5, 5.41) is -0.261. The SMILES string of the molecule is CCOC(=O)C1CCCN(C(=O)CN(C)C(=O)c2cnc(OCC(F)(F)F)c(Cl)c2)C1. The summed E-state index contributed by atoms with van der Waals surface area (Å²) in [6.07, 6.45) is -2.25. The van der Waals surface area contributed by atoms with Gasteiger partial charge in [0.15, 0.2) is 6.61 Å². The number of esters is 1. The van der Waals surface area contributed by atoms with Gasteiger partial charge in [-0.05, 0) is 25.8 Å². The standard InChI is InChI=1S/C19H23ClF3N3O5/c1-3-30-18(29)12-5-4-6-26(9-12)15(27)10-25(2)17(28)13-7-14(20)16(24-8-13)31-11-19(21,22)23/h7-8,12H,3-6,9-11H2,1-2H3. The molecule has 1 atom stereocenters. The number of likely N-dealkylation sites (tertiary alicyclic amines) is 1. The molecule has 2 heterocycles. The molecule has 2 rings (SSSR count). The molecule has 1 aromatic rings. The van der Waals surface area contributed by atoms with E-state index in [1.807, 2.05) is 0 Å². The Morgan fingerprint density at radius 1 is 1.35 bits per heavy atom. The Bertz CT molecular complexity index is 821. The lowest BCUT2D eigenvalue weighted by atomic mass is 9.98. The van der Waals surface area contributed by atoms with Crippen molar-refractivity contribution in [3.8, 4) is 5.88 Å². The minimum atomic E-state index is -4.55. The van der Waals surface area contributed by atoms with Crippen molar-refractivity contribution < 1.29 is 37.0 Å². The molecule has 1 fully saturated rings. The molecule has 0 aliphatic carbocycles. The first-order valence-electron chi connectivity index (χ1n) is 9.56. The van der Waals surface area contributed by atoms with Gasteiger partial charge in [-0.3, -0.25) is 14.4 Å². The van der Waals surface area contributed by atoms with Gasteiger partial charge in [-0.15, -0.1) is 0 Å². The maximum Gasteiger partial charge on any atom is 0.422 e. The van der Waals surface area contributed by atoms with Crippen LogP contribution in [0.3, 0.4) is 0 Å². The molecule has 0 radical (unpaired) electrons. The Balaban J connectivity index is 1.96. The van der Waals surface area contributed by atoms with Crippen molar-refractivity contribution in [1.29, 1.82) is 0 Å². The summed E-state index contributed by atoms with van der Waals surface area (Å²) < 4.78 is 46.3. The monoisotopic (exact) mass is 465 g/mol. The number of aromatic nitrogens is 1. The number of halogens is 4. The largest absolute Gasteiger partial charge is 0.467 e. The quantitative estimate of drug-likeness (QED) is 0.575. The Morgan fingerprint density at radius 3 is 2.68 bits per heavy atom. The number of likely N-dealkylation sites (N-methyl/N-ethyl adjacent to an activating group) is 1. The highest BCUT2D eigenvalue weighted by Crippen LogP contribution is 2.25. The smallest absolute Gasteiger partial charge is 0.422 e. The lowest BCUT2D eigenvalue weighted by Gasteiger charge is -2.32. The van der Waals surface area contributed by atoms with Gasteiger partial charge in [0.05, 0.1) is 24.6 Å². The molecule has 12 heteroatoms. The van der Waals surface area contributed by atoms with Gasteiger partial charge in [-0.25, -0.2) is 4.98 Å². The van der Waals surface area contributed by atoms with Gasteiger partial charge in [0.25, 0.3) is 5.91 Å². The van der Waals surface area contributed by atoms with Gasteiger partial charge in [-0.1, -0.05) is 11.6 Å². The van der Waals surface area contributed by atoms with Crippen LogP contribution in [0.5, 0.6) is 5.88 Å². The van der Waals surface area contributed by atoms with E-state index in [1.165, 1.54) is 11.9 Å². The van der Waals surface area contributed by atoms with Crippen LogP contribution in [0.15, 0.2) is 12.3 Å². The van der Waals surface area contributed by atoms with Gasteiger partial charge in [-0.2, -0.15) is 13.2 Å². The third-order valence-electron chi connectivity index (χ3n) is 4.54. The maximum atomic E-state index is 12.6. The van der Waals surface area contributed by atoms with Gasteiger partial charge >= 0.3 is 12.1 Å². The van der Waals surface area contributed by atoms with Crippen LogP contribution in [0.25, 0.3) is 0 Å². The fraction of sp³-hybridized carbons (Fsp3) is 0.579. The number of hydrogen-bond acceptors (Lipinski definition) is 6. The average Bonchev–Trinajstić information content (AvgIpc) is 2.71. The first kappa shape index (κ1) is 24.7. The van der Waals surface area contributed by atoms with Crippen LogP contribution in [0.1, 0.15) is 30.1 Å². The molecule has 172 valence electrons. The molecule has 0 spiro atoms. The number of ether oxygens (including phenoxy) is 2. The predicted octanol–water partition coefficient (Wildman–Crippen LogP) is 2.55. The van der Waals surface area contributed by atoms with Crippen LogP contribution < -0.4 is 4.74 Å². The maximum absolute atomic E-state index is 12.6. The summed E-state index contributed by atoms with van der Waals surface area (Å²) in [5.74, 6) is -2.13. The van der Waals surface area contributed by atoms with E-state index in [1.54, 1.807) is 6.92 Å². The number of hydrogen-bond donors (Lipinski definition) is 0. The molecule has 0 N–H and O–H groups in total. The summed E-state index contributed by atoms with van der Waals surface area (Å²) in [7, 11) is 1.40. The molecule has 8 nitrogen and oxygen atoms in total. The number of carbonyl (C=O) groups is 3. The summed E-state index contributed by atoms with van der Waals surface area (Å²) in [5.41, 5.74) is -0.0114. The van der Waals surface area contributed by atoms with E-state index in [0.717, 1.165) is 17.2 Å². The normalized spacial score (nSPS) is 16.6. The van der Waals surface area contributed by atoms with Crippen molar-refractivity contribution in [2.75, 3.05) is 39.9 Å². The molecular formula is C19H23ClF3N3O5. The van der Waals surface area contributed by atoms with E-state index in [4.69, 9.17) is 16.3 Å². The molecule has 31 heavy (non-hydrogen) atoms. The lowest BCUT2D eigenvalue weighted by Crippen LogP contribution is -2.47. The van der Waals surface area contributed by atoms with Crippen LogP contribution in [0.4, 0.5) is 13.2 Å². The molecule has 2 amide bonds. The number of amides is 2. The van der Waals surface area contributed by atoms with Crippen LogP contribution in [0, 0.1) is 5.92 Å². The van der Waals surface area contributed by atoms with Crippen molar-refractivity contribution >= 4 is 29.4 Å². The van der Waals surface area contributed by atoms with Gasteiger partial charge in [0.2, 0.25) is 11.8 Å². The predicted molar refractivity (Wildman–Crippen MR) is 104 cm³/mol. The van der Waals surface area contributed by atoms with Crippen molar-refractivity contribution in [3.05, 3.63) is 22.8 Å². The van der Waals surface area contributed by atoms with Crippen LogP contribution in [-0.4, -0.2) is 78.6 Å². The van der Waals surface area contributed by atoms with Crippen molar-refractivity contribution in [2.45, 2.75) is 25.9 Å². The summed E-state index contributed by atoms with van der Waals surface area (Å²) in [4.78, 5) is 43.4. The molecule has 0 bridgehead atoms.